The van der Waals surface area contributed by atoms with Crippen LogP contribution in [0, 0.1) is 2.88 Å². The van der Waals surface area contributed by atoms with Crippen LogP contribution in [-0.4, -0.2) is 24.8 Å². The molecule has 4 nitrogen and oxygen atoms in total. The minimum Gasteiger partial charge on any atom is -0.494 e. The molecule has 1 heterocycles. The lowest BCUT2D eigenvalue weighted by atomic mass is 10.1. The van der Waals surface area contributed by atoms with E-state index in [2.05, 4.69) is 40.0 Å². The Morgan fingerprint density at radius 2 is 2.08 bits per heavy atom. The van der Waals surface area contributed by atoms with Crippen molar-refractivity contribution >= 4 is 45.6 Å². The first-order valence-electron chi connectivity index (χ1n) is 7.79. The largest absolute Gasteiger partial charge is 0.494 e. The highest BCUT2D eigenvalue weighted by atomic mass is 127. The minimum atomic E-state index is 0.0141. The molecular formula is C18H20INO3S. The van der Waals surface area contributed by atoms with E-state index < -0.39 is 0 Å². The van der Waals surface area contributed by atoms with E-state index in [4.69, 9.17) is 4.74 Å². The van der Waals surface area contributed by atoms with E-state index in [0.29, 0.717) is 37.3 Å². The monoisotopic (exact) mass is 457 g/mol. The normalized spacial score (nSPS) is 10.4. The molecule has 0 spiro atoms. The van der Waals surface area contributed by atoms with Crippen LogP contribution in [0.1, 0.15) is 35.0 Å². The Morgan fingerprint density at radius 3 is 2.79 bits per heavy atom. The summed E-state index contributed by atoms with van der Waals surface area (Å²) < 4.78 is 6.86. The molecule has 1 N–H and O–H groups in total. The summed E-state index contributed by atoms with van der Waals surface area (Å²) in [7, 11) is 0. The fourth-order valence-electron chi connectivity index (χ4n) is 2.13. The van der Waals surface area contributed by atoms with Crippen molar-refractivity contribution in [3.05, 3.63) is 49.7 Å². The highest BCUT2D eigenvalue weighted by Gasteiger charge is 2.04. The maximum atomic E-state index is 11.8. The quantitative estimate of drug-likeness (QED) is 0.351. The van der Waals surface area contributed by atoms with Gasteiger partial charge in [0.1, 0.15) is 5.75 Å². The van der Waals surface area contributed by atoms with E-state index in [9.17, 15) is 9.59 Å². The number of ketones is 1. The van der Waals surface area contributed by atoms with Crippen molar-refractivity contribution in [2.75, 3.05) is 13.2 Å². The van der Waals surface area contributed by atoms with E-state index in [-0.39, 0.29) is 11.7 Å². The van der Waals surface area contributed by atoms with Crippen LogP contribution >= 0.6 is 33.9 Å². The maximum Gasteiger partial charge on any atom is 0.220 e. The number of rotatable bonds is 9. The fourth-order valence-corrected chi connectivity index (χ4v) is 3.88. The number of carbonyl (C=O) groups is 2. The van der Waals surface area contributed by atoms with Crippen LogP contribution in [0.5, 0.6) is 5.75 Å². The number of ether oxygens (including phenoxy) is 1. The Hall–Kier alpha value is -1.41. The molecule has 24 heavy (non-hydrogen) atoms. The predicted octanol–water partition coefficient (Wildman–Crippen LogP) is 4.07. The number of amides is 1. The molecule has 0 saturated heterocycles. The number of Topliss-reactive ketones (excluding diaryl/α,β-unsaturated/α-hetero) is 1. The van der Waals surface area contributed by atoms with Crippen molar-refractivity contribution in [3.8, 4) is 5.75 Å². The van der Waals surface area contributed by atoms with E-state index in [0.717, 1.165) is 6.42 Å². The third-order valence-corrected chi connectivity index (χ3v) is 5.33. The summed E-state index contributed by atoms with van der Waals surface area (Å²) in [5.41, 5.74) is 0.633. The minimum absolute atomic E-state index is 0.0141. The van der Waals surface area contributed by atoms with Gasteiger partial charge < -0.3 is 10.1 Å². The molecular weight excluding hydrogens is 437 g/mol. The van der Waals surface area contributed by atoms with Crippen LogP contribution in [0.3, 0.4) is 0 Å². The van der Waals surface area contributed by atoms with E-state index in [1.54, 1.807) is 29.5 Å². The second-order valence-electron chi connectivity index (χ2n) is 5.34. The van der Waals surface area contributed by atoms with Gasteiger partial charge in [-0.1, -0.05) is 12.1 Å². The Balaban J connectivity index is 1.60. The first-order chi connectivity index (χ1) is 11.5. The maximum absolute atomic E-state index is 11.8. The van der Waals surface area contributed by atoms with Crippen molar-refractivity contribution in [3.63, 3.8) is 0 Å². The number of hydrogen-bond acceptors (Lipinski definition) is 4. The number of thiophene rings is 1. The van der Waals surface area contributed by atoms with Crippen LogP contribution < -0.4 is 10.1 Å². The molecule has 2 rings (SSSR count). The number of carbonyl (C=O) groups excluding carboxylic acids is 2. The smallest absolute Gasteiger partial charge is 0.220 e. The summed E-state index contributed by atoms with van der Waals surface area (Å²) in [4.78, 5) is 24.4. The Bertz CT molecular complexity index is 699. The average Bonchev–Trinajstić information content (AvgIpc) is 2.97. The van der Waals surface area contributed by atoms with Gasteiger partial charge >= 0.3 is 0 Å². The summed E-state index contributed by atoms with van der Waals surface area (Å²) in [5.74, 6) is 0.720. The van der Waals surface area contributed by atoms with Gasteiger partial charge in [-0.05, 0) is 66.6 Å². The molecule has 0 saturated carbocycles. The highest BCUT2D eigenvalue weighted by Crippen LogP contribution is 2.18. The van der Waals surface area contributed by atoms with Gasteiger partial charge in [-0.25, -0.2) is 0 Å². The zero-order chi connectivity index (χ0) is 17.4. The van der Waals surface area contributed by atoms with Crippen molar-refractivity contribution < 1.29 is 14.3 Å². The van der Waals surface area contributed by atoms with Gasteiger partial charge in [0.2, 0.25) is 5.91 Å². The molecule has 0 atom stereocenters. The number of benzene rings is 1. The van der Waals surface area contributed by atoms with Gasteiger partial charge in [0.25, 0.3) is 0 Å². The van der Waals surface area contributed by atoms with Crippen molar-refractivity contribution in [1.29, 1.82) is 0 Å². The van der Waals surface area contributed by atoms with E-state index >= 15 is 0 Å². The SMILES string of the molecule is CC(=O)c1cccc(OCCCC(=O)NCCc2ccc(I)s2)c1. The summed E-state index contributed by atoms with van der Waals surface area (Å²) >= 11 is 4.05. The molecule has 0 aliphatic heterocycles. The van der Waals surface area contributed by atoms with Crippen LogP contribution in [0.15, 0.2) is 36.4 Å². The number of hydrogen-bond donors (Lipinski definition) is 1. The van der Waals surface area contributed by atoms with Crippen molar-refractivity contribution in [2.24, 2.45) is 0 Å². The summed E-state index contributed by atoms with van der Waals surface area (Å²) in [6, 6.07) is 11.3. The second kappa shape index (κ2) is 9.78. The lowest BCUT2D eigenvalue weighted by Gasteiger charge is -2.07. The van der Waals surface area contributed by atoms with Crippen molar-refractivity contribution in [1.82, 2.24) is 5.32 Å². The number of halogens is 1. The molecule has 1 aromatic heterocycles. The van der Waals surface area contributed by atoms with Crippen LogP contribution in [0.2, 0.25) is 0 Å². The van der Waals surface area contributed by atoms with Gasteiger partial charge in [0.15, 0.2) is 5.78 Å². The van der Waals surface area contributed by atoms with Gasteiger partial charge in [0.05, 0.1) is 9.49 Å². The molecule has 2 aromatic rings. The molecule has 0 unspecified atom stereocenters. The summed E-state index contributed by atoms with van der Waals surface area (Å²) in [6.45, 7) is 2.65. The highest BCUT2D eigenvalue weighted by molar-refractivity contribution is 14.1. The van der Waals surface area contributed by atoms with E-state index in [1.807, 2.05) is 6.07 Å². The molecule has 1 aromatic carbocycles. The first kappa shape index (κ1) is 18.9. The Morgan fingerprint density at radius 1 is 1.25 bits per heavy atom. The molecule has 0 aliphatic rings. The lowest BCUT2D eigenvalue weighted by molar-refractivity contribution is -0.121. The first-order valence-corrected chi connectivity index (χ1v) is 9.69. The molecule has 0 fully saturated rings. The van der Waals surface area contributed by atoms with Crippen LogP contribution in [0.25, 0.3) is 0 Å². The zero-order valence-corrected chi connectivity index (χ0v) is 16.5. The van der Waals surface area contributed by atoms with Crippen molar-refractivity contribution in [2.45, 2.75) is 26.2 Å². The molecule has 1 amide bonds. The molecule has 6 heteroatoms. The third kappa shape index (κ3) is 6.60. The Kier molecular flexibility index (Phi) is 7.71. The van der Waals surface area contributed by atoms with Gasteiger partial charge in [-0.15, -0.1) is 11.3 Å². The zero-order valence-electron chi connectivity index (χ0n) is 13.5. The molecule has 0 bridgehead atoms. The molecule has 0 aliphatic carbocycles. The Labute approximate surface area is 159 Å². The van der Waals surface area contributed by atoms with Gasteiger partial charge in [-0.2, -0.15) is 0 Å². The standard InChI is InChI=1S/C18H20INO3S/c1-13(21)14-4-2-5-15(12-14)23-11-3-6-18(22)20-10-9-16-7-8-17(19)24-16/h2,4-5,7-8,12H,3,6,9-11H2,1H3,(H,20,22). The van der Waals surface area contributed by atoms with Gasteiger partial charge in [-0.3, -0.25) is 9.59 Å². The average molecular weight is 457 g/mol. The topological polar surface area (TPSA) is 55.4 Å². The van der Waals surface area contributed by atoms with Crippen LogP contribution in [-0.2, 0) is 11.2 Å². The van der Waals surface area contributed by atoms with E-state index in [1.165, 1.54) is 14.7 Å². The summed E-state index contributed by atoms with van der Waals surface area (Å²) in [5, 5.41) is 2.93. The number of nitrogens with one attached hydrogen (secondary N) is 1. The van der Waals surface area contributed by atoms with Crippen LogP contribution in [0.4, 0.5) is 0 Å². The summed E-state index contributed by atoms with van der Waals surface area (Å²) in [6.07, 6.45) is 1.95. The van der Waals surface area contributed by atoms with Gasteiger partial charge in [0, 0.05) is 23.4 Å². The fraction of sp³-hybridized carbons (Fsp3) is 0.333. The molecule has 0 radical (unpaired) electrons. The predicted molar refractivity (Wildman–Crippen MR) is 105 cm³/mol. The molecule has 128 valence electrons. The lowest BCUT2D eigenvalue weighted by Crippen LogP contribution is -2.25. The third-order valence-electron chi connectivity index (χ3n) is 3.38. The second-order valence-corrected chi connectivity index (χ2v) is 8.40.